The fourth-order valence-electron chi connectivity index (χ4n) is 3.25. The molecule has 0 radical (unpaired) electrons. The van der Waals surface area contributed by atoms with E-state index in [0.29, 0.717) is 17.8 Å². The highest BCUT2D eigenvalue weighted by molar-refractivity contribution is 5.70. The first-order chi connectivity index (χ1) is 9.64. The highest BCUT2D eigenvalue weighted by atomic mass is 16.5. The quantitative estimate of drug-likeness (QED) is 0.349. The van der Waals surface area contributed by atoms with Gasteiger partial charge < -0.3 is 4.74 Å². The Kier molecular flexibility index (Phi) is 8.25. The molecule has 0 heterocycles. The van der Waals surface area contributed by atoms with Gasteiger partial charge in [0.15, 0.2) is 0 Å². The van der Waals surface area contributed by atoms with Crippen LogP contribution in [0.15, 0.2) is 0 Å². The lowest BCUT2D eigenvalue weighted by Crippen LogP contribution is -2.18. The van der Waals surface area contributed by atoms with Crippen molar-refractivity contribution < 1.29 is 9.53 Å². The van der Waals surface area contributed by atoms with Crippen LogP contribution in [0.4, 0.5) is 0 Å². The Labute approximate surface area is 125 Å². The Balaban J connectivity index is 2.03. The molecule has 0 spiro atoms. The molecule has 118 valence electrons. The van der Waals surface area contributed by atoms with Gasteiger partial charge in [0.25, 0.3) is 0 Å². The van der Waals surface area contributed by atoms with E-state index in [1.165, 1.54) is 77.7 Å². The molecule has 0 aromatic carbocycles. The summed E-state index contributed by atoms with van der Waals surface area (Å²) in [6.07, 6.45) is 15.4. The summed E-state index contributed by atoms with van der Waals surface area (Å²) in [7, 11) is 1.50. The first-order valence-electron chi connectivity index (χ1n) is 8.71. The number of esters is 1. The summed E-state index contributed by atoms with van der Waals surface area (Å²) in [5, 5.41) is 0. The van der Waals surface area contributed by atoms with Crippen LogP contribution in [0.1, 0.15) is 90.9 Å². The Morgan fingerprint density at radius 1 is 1.05 bits per heavy atom. The molecule has 1 atom stereocenters. The summed E-state index contributed by atoms with van der Waals surface area (Å²) < 4.78 is 4.83. The van der Waals surface area contributed by atoms with Crippen molar-refractivity contribution in [2.45, 2.75) is 90.9 Å². The van der Waals surface area contributed by atoms with Crippen LogP contribution in [0, 0.1) is 11.3 Å². The van der Waals surface area contributed by atoms with Gasteiger partial charge in [-0.3, -0.25) is 4.79 Å². The molecule has 1 unspecified atom stereocenters. The molecule has 0 aromatic heterocycles. The van der Waals surface area contributed by atoms with Crippen molar-refractivity contribution in [3.8, 4) is 0 Å². The minimum absolute atomic E-state index is 0.0229. The molecule has 0 amide bonds. The molecule has 0 saturated heterocycles. The van der Waals surface area contributed by atoms with Crippen molar-refractivity contribution in [3.05, 3.63) is 0 Å². The van der Waals surface area contributed by atoms with Crippen LogP contribution in [0.25, 0.3) is 0 Å². The highest BCUT2D eigenvalue weighted by Gasteiger charge is 2.48. The maximum Gasteiger partial charge on any atom is 0.306 e. The summed E-state index contributed by atoms with van der Waals surface area (Å²) in [6, 6.07) is 0. The summed E-state index contributed by atoms with van der Waals surface area (Å²) in [5.74, 6) is 0.659. The third kappa shape index (κ3) is 6.28. The minimum atomic E-state index is -0.0229. The van der Waals surface area contributed by atoms with Gasteiger partial charge in [-0.25, -0.2) is 0 Å². The van der Waals surface area contributed by atoms with E-state index in [2.05, 4.69) is 13.8 Å². The Morgan fingerprint density at radius 3 is 2.10 bits per heavy atom. The van der Waals surface area contributed by atoms with E-state index in [-0.39, 0.29) is 5.97 Å². The van der Waals surface area contributed by atoms with Crippen molar-refractivity contribution in [1.29, 1.82) is 0 Å². The highest BCUT2D eigenvalue weighted by Crippen LogP contribution is 2.56. The van der Waals surface area contributed by atoms with Crippen LogP contribution in [0.5, 0.6) is 0 Å². The zero-order chi connectivity index (χ0) is 14.8. The Hall–Kier alpha value is -0.530. The molecular weight excluding hydrogens is 248 g/mol. The lowest BCUT2D eigenvalue weighted by atomic mass is 9.84. The van der Waals surface area contributed by atoms with Gasteiger partial charge >= 0.3 is 5.97 Å². The van der Waals surface area contributed by atoms with Crippen molar-refractivity contribution in [2.24, 2.45) is 11.3 Å². The third-order valence-corrected chi connectivity index (χ3v) is 5.15. The van der Waals surface area contributed by atoms with Crippen LogP contribution in [0.2, 0.25) is 0 Å². The standard InChI is InChI=1S/C18H34O2/c1-4-5-6-7-8-9-10-11-12-16(2)18(13-14-18)15-17(19)20-3/h16H,4-15H2,1-3H3. The Morgan fingerprint density at radius 2 is 1.60 bits per heavy atom. The van der Waals surface area contributed by atoms with E-state index >= 15 is 0 Å². The average molecular weight is 282 g/mol. The lowest BCUT2D eigenvalue weighted by Gasteiger charge is -2.22. The molecule has 1 aliphatic rings. The molecular formula is C18H34O2. The van der Waals surface area contributed by atoms with Crippen molar-refractivity contribution in [3.63, 3.8) is 0 Å². The van der Waals surface area contributed by atoms with Gasteiger partial charge in [0, 0.05) is 0 Å². The number of hydrogen-bond acceptors (Lipinski definition) is 2. The largest absolute Gasteiger partial charge is 0.469 e. The number of ether oxygens (including phenoxy) is 1. The fourth-order valence-corrected chi connectivity index (χ4v) is 3.25. The average Bonchev–Trinajstić information content (AvgIpc) is 3.22. The third-order valence-electron chi connectivity index (χ3n) is 5.15. The van der Waals surface area contributed by atoms with Crippen molar-refractivity contribution >= 4 is 5.97 Å². The van der Waals surface area contributed by atoms with E-state index < -0.39 is 0 Å². The number of hydrogen-bond donors (Lipinski definition) is 0. The van der Waals surface area contributed by atoms with E-state index in [1.807, 2.05) is 0 Å². The van der Waals surface area contributed by atoms with E-state index in [4.69, 9.17) is 4.74 Å². The van der Waals surface area contributed by atoms with Gasteiger partial charge in [-0.1, -0.05) is 71.6 Å². The molecule has 0 aliphatic heterocycles. The monoisotopic (exact) mass is 282 g/mol. The van der Waals surface area contributed by atoms with Gasteiger partial charge in [-0.2, -0.15) is 0 Å². The number of carbonyl (C=O) groups is 1. The summed E-state index contributed by atoms with van der Waals surface area (Å²) in [4.78, 5) is 11.5. The Bertz CT molecular complexity index is 269. The smallest absolute Gasteiger partial charge is 0.306 e. The van der Waals surface area contributed by atoms with E-state index in [9.17, 15) is 4.79 Å². The molecule has 1 rings (SSSR count). The first kappa shape index (κ1) is 17.5. The zero-order valence-electron chi connectivity index (χ0n) is 13.9. The summed E-state index contributed by atoms with van der Waals surface area (Å²) in [5.41, 5.74) is 0.300. The zero-order valence-corrected chi connectivity index (χ0v) is 13.9. The SMILES string of the molecule is CCCCCCCCCCC(C)C1(CC(=O)OC)CC1. The van der Waals surface area contributed by atoms with Gasteiger partial charge in [0.05, 0.1) is 13.5 Å². The number of unbranched alkanes of at least 4 members (excludes halogenated alkanes) is 7. The summed E-state index contributed by atoms with van der Waals surface area (Å²) >= 11 is 0. The van der Waals surface area contributed by atoms with Gasteiger partial charge in [-0.05, 0) is 24.2 Å². The minimum Gasteiger partial charge on any atom is -0.469 e. The second kappa shape index (κ2) is 9.41. The van der Waals surface area contributed by atoms with Gasteiger partial charge in [-0.15, -0.1) is 0 Å². The molecule has 0 bridgehead atoms. The second-order valence-corrected chi connectivity index (χ2v) is 6.78. The van der Waals surface area contributed by atoms with E-state index in [1.54, 1.807) is 0 Å². The molecule has 1 saturated carbocycles. The molecule has 1 aliphatic carbocycles. The maximum absolute atomic E-state index is 11.5. The van der Waals surface area contributed by atoms with Crippen LogP contribution >= 0.6 is 0 Å². The molecule has 2 nitrogen and oxygen atoms in total. The van der Waals surface area contributed by atoms with Crippen LogP contribution in [-0.4, -0.2) is 13.1 Å². The van der Waals surface area contributed by atoms with Gasteiger partial charge in [0.2, 0.25) is 0 Å². The van der Waals surface area contributed by atoms with Gasteiger partial charge in [0.1, 0.15) is 0 Å². The lowest BCUT2D eigenvalue weighted by molar-refractivity contribution is -0.142. The van der Waals surface area contributed by atoms with Crippen molar-refractivity contribution in [2.75, 3.05) is 7.11 Å². The molecule has 0 N–H and O–H groups in total. The number of methoxy groups -OCH3 is 1. The second-order valence-electron chi connectivity index (χ2n) is 6.78. The molecule has 20 heavy (non-hydrogen) atoms. The number of rotatable bonds is 12. The van der Waals surface area contributed by atoms with E-state index in [0.717, 1.165) is 0 Å². The molecule has 0 aromatic rings. The summed E-state index contributed by atoms with van der Waals surface area (Å²) in [6.45, 7) is 4.60. The first-order valence-corrected chi connectivity index (χ1v) is 8.71. The normalized spacial score (nSPS) is 17.8. The molecule has 2 heteroatoms. The van der Waals surface area contributed by atoms with Crippen molar-refractivity contribution in [1.82, 2.24) is 0 Å². The van der Waals surface area contributed by atoms with Crippen LogP contribution in [0.3, 0.4) is 0 Å². The predicted octanol–water partition coefficient (Wildman–Crippen LogP) is 5.50. The van der Waals surface area contributed by atoms with Crippen LogP contribution in [-0.2, 0) is 9.53 Å². The van der Waals surface area contributed by atoms with Crippen LogP contribution < -0.4 is 0 Å². The fraction of sp³-hybridized carbons (Fsp3) is 0.944. The molecule has 1 fully saturated rings. The predicted molar refractivity (Wildman–Crippen MR) is 84.7 cm³/mol. The maximum atomic E-state index is 11.5. The topological polar surface area (TPSA) is 26.3 Å². The number of carbonyl (C=O) groups excluding carboxylic acids is 1.